The molecule has 0 fully saturated rings. The molecule has 0 aromatic carbocycles. The summed E-state index contributed by atoms with van der Waals surface area (Å²) >= 11 is 0. The second-order valence-electron chi connectivity index (χ2n) is 0.750. The van der Waals surface area contributed by atoms with Crippen molar-refractivity contribution in [3.05, 3.63) is 0 Å². The Morgan fingerprint density at radius 1 is 0.500 bits per heavy atom. The molecule has 0 heterocycles. The van der Waals surface area contributed by atoms with E-state index in [1.807, 2.05) is 0 Å². The Bertz CT molecular complexity index is 116. The van der Waals surface area contributed by atoms with Crippen molar-refractivity contribution in [2.75, 3.05) is 0 Å². The van der Waals surface area contributed by atoms with E-state index in [0.717, 1.165) is 0 Å². The van der Waals surface area contributed by atoms with Crippen LogP contribution in [-0.2, 0) is 0 Å². The third-order valence-electron chi connectivity index (χ3n) is 0. The normalized spacial score (nSPS) is 5.14. The fourth-order valence-electron chi connectivity index (χ4n) is 0. The van der Waals surface area contributed by atoms with Gasteiger partial charge in [-0.2, -0.15) is 0 Å². The molecular formula is C3Dy2O9. The minimum Gasteiger partial charge on any atom is -0.652 e. The molecule has 9 nitrogen and oxygen atoms in total. The molecule has 0 saturated heterocycles. The van der Waals surface area contributed by atoms with E-state index < -0.39 is 18.5 Å². The smallest absolute Gasteiger partial charge is 0.652 e. The fourth-order valence-corrected chi connectivity index (χ4v) is 0. The summed E-state index contributed by atoms with van der Waals surface area (Å²) in [5.74, 6) is 0. The van der Waals surface area contributed by atoms with Crippen LogP contribution in [0.2, 0.25) is 0 Å². The summed E-state index contributed by atoms with van der Waals surface area (Å²) in [5, 5.41) is 50.0. The van der Waals surface area contributed by atoms with Crippen LogP contribution in [0.25, 0.3) is 0 Å². The Morgan fingerprint density at radius 3 is 0.500 bits per heavy atom. The summed E-state index contributed by atoms with van der Waals surface area (Å²) in [6.07, 6.45) is -7.00. The summed E-state index contributed by atoms with van der Waals surface area (Å²) < 4.78 is 0. The first-order valence-corrected chi connectivity index (χ1v) is 1.84. The average molecular weight is 505 g/mol. The van der Waals surface area contributed by atoms with Crippen LogP contribution in [-0.4, -0.2) is 18.5 Å². The van der Waals surface area contributed by atoms with Crippen LogP contribution in [0.3, 0.4) is 0 Å². The first-order valence-electron chi connectivity index (χ1n) is 1.84. The molecule has 86 valence electrons. The molecule has 11 heteroatoms. The van der Waals surface area contributed by atoms with Crippen LogP contribution in [0.1, 0.15) is 0 Å². The Morgan fingerprint density at radius 2 is 0.500 bits per heavy atom. The molecule has 0 aliphatic rings. The maximum atomic E-state index is 8.33. The molecule has 0 spiro atoms. The minimum atomic E-state index is -2.33. The van der Waals surface area contributed by atoms with Gasteiger partial charge in [0.05, 0.1) is 0 Å². The molecule has 0 bridgehead atoms. The standard InChI is InChI=1S/3CH2O3.2Dy/c3*2-1(3)4;;/h3*(H2,2,3,4);;/q;;;2*+3/p-6. The number of rotatable bonds is 0. The molecule has 0 rings (SSSR count). The van der Waals surface area contributed by atoms with Gasteiger partial charge in [-0.1, -0.05) is 0 Å². The maximum Gasteiger partial charge on any atom is 3.00 e. The van der Waals surface area contributed by atoms with Gasteiger partial charge in [0.2, 0.25) is 0 Å². The molecule has 0 aliphatic heterocycles. The summed E-state index contributed by atoms with van der Waals surface area (Å²) in [6, 6.07) is 0. The molecule has 0 aliphatic carbocycles. The number of carbonyl (C=O) groups is 3. The summed E-state index contributed by atoms with van der Waals surface area (Å²) in [5.41, 5.74) is 0. The summed E-state index contributed by atoms with van der Waals surface area (Å²) in [7, 11) is 0. The number of carboxylic acid groups (broad SMARTS) is 6. The Hall–Kier alpha value is 0.355. The molecule has 0 aromatic heterocycles. The molecule has 2 radical (unpaired) electrons. The number of hydrogen-bond acceptors (Lipinski definition) is 9. The van der Waals surface area contributed by atoms with Crippen molar-refractivity contribution >= 4 is 18.5 Å². The predicted octanol–water partition coefficient (Wildman–Crippen LogP) is -7.34. The molecule has 0 saturated carbocycles. The number of hydrogen-bond donors (Lipinski definition) is 0. The molecule has 14 heavy (non-hydrogen) atoms. The van der Waals surface area contributed by atoms with Gasteiger partial charge in [-0.3, -0.25) is 0 Å². The molecule has 0 aromatic rings. The van der Waals surface area contributed by atoms with Gasteiger partial charge in [0.25, 0.3) is 0 Å². The van der Waals surface area contributed by atoms with Crippen molar-refractivity contribution in [3.63, 3.8) is 0 Å². The molecule has 0 N–H and O–H groups in total. The Balaban J connectivity index is -0.0000000270. The third-order valence-corrected chi connectivity index (χ3v) is 0. The summed E-state index contributed by atoms with van der Waals surface area (Å²) in [4.78, 5) is 25.0. The topological polar surface area (TPSA) is 190 Å². The van der Waals surface area contributed by atoms with Gasteiger partial charge >= 0.3 is 76.3 Å². The minimum absolute atomic E-state index is 0. The monoisotopic (exact) mass is 508 g/mol. The first-order chi connectivity index (χ1) is 5.20. The van der Waals surface area contributed by atoms with E-state index in [1.165, 1.54) is 0 Å². The Kier molecular flexibility index (Phi) is 48.7. The fraction of sp³-hybridized carbons (Fsp3) is 0. The summed E-state index contributed by atoms with van der Waals surface area (Å²) in [6.45, 7) is 0. The van der Waals surface area contributed by atoms with Crippen LogP contribution >= 0.6 is 0 Å². The largest absolute Gasteiger partial charge is 3.00 e. The van der Waals surface area contributed by atoms with Crippen molar-refractivity contribution in [3.8, 4) is 0 Å². The van der Waals surface area contributed by atoms with E-state index in [2.05, 4.69) is 0 Å². The van der Waals surface area contributed by atoms with Crippen LogP contribution in [0.4, 0.5) is 14.4 Å². The van der Waals surface area contributed by atoms with Crippen LogP contribution in [0, 0.1) is 76.3 Å². The SMILES string of the molecule is O=C([O-])[O-].O=C([O-])[O-].O=C([O-])[O-].[Dy+3].[Dy+3]. The second-order valence-corrected chi connectivity index (χ2v) is 0.750. The van der Waals surface area contributed by atoms with E-state index in [0.29, 0.717) is 0 Å². The maximum absolute atomic E-state index is 8.33. The van der Waals surface area contributed by atoms with Crippen LogP contribution < -0.4 is 30.6 Å². The molecular weight excluding hydrogens is 505 g/mol. The quantitative estimate of drug-likeness (QED) is 0.308. The van der Waals surface area contributed by atoms with Crippen molar-refractivity contribution in [2.45, 2.75) is 0 Å². The van der Waals surface area contributed by atoms with Crippen molar-refractivity contribution < 1.29 is 121 Å². The average Bonchev–Trinajstić information content (AvgIpc) is 1.54. The van der Waals surface area contributed by atoms with E-state index in [9.17, 15) is 0 Å². The van der Waals surface area contributed by atoms with Gasteiger partial charge in [0.15, 0.2) is 0 Å². The van der Waals surface area contributed by atoms with Gasteiger partial charge in [0, 0.05) is 0 Å². The zero-order valence-electron chi connectivity index (χ0n) is 5.81. The van der Waals surface area contributed by atoms with Crippen LogP contribution in [0.5, 0.6) is 0 Å². The predicted molar refractivity (Wildman–Crippen MR) is 16.2 cm³/mol. The van der Waals surface area contributed by atoms with E-state index in [-0.39, 0.29) is 76.3 Å². The molecule has 0 unspecified atom stereocenters. The zero-order chi connectivity index (χ0) is 10.7. The van der Waals surface area contributed by atoms with Gasteiger partial charge in [-0.05, 0) is 18.5 Å². The number of carbonyl (C=O) groups excluding carboxylic acids is 3. The third kappa shape index (κ3) is 12600. The van der Waals surface area contributed by atoms with E-state index >= 15 is 0 Å². The molecule has 0 atom stereocenters. The van der Waals surface area contributed by atoms with Gasteiger partial charge in [-0.15, -0.1) is 0 Å². The van der Waals surface area contributed by atoms with Gasteiger partial charge < -0.3 is 45.0 Å². The zero-order valence-corrected chi connectivity index (χ0v) is 9.86. The molecule has 0 amide bonds. The van der Waals surface area contributed by atoms with Crippen LogP contribution in [0.15, 0.2) is 0 Å². The van der Waals surface area contributed by atoms with Crippen molar-refractivity contribution in [1.82, 2.24) is 0 Å². The van der Waals surface area contributed by atoms with Crippen molar-refractivity contribution in [2.24, 2.45) is 0 Å². The Labute approximate surface area is 138 Å². The van der Waals surface area contributed by atoms with E-state index in [4.69, 9.17) is 45.0 Å². The first kappa shape index (κ1) is 29.3. The van der Waals surface area contributed by atoms with Gasteiger partial charge in [-0.25, -0.2) is 0 Å². The van der Waals surface area contributed by atoms with Crippen molar-refractivity contribution in [1.29, 1.82) is 0 Å². The van der Waals surface area contributed by atoms with Gasteiger partial charge in [0.1, 0.15) is 0 Å². The van der Waals surface area contributed by atoms with E-state index in [1.54, 1.807) is 0 Å². The second kappa shape index (κ2) is 23.3.